The van der Waals surface area contributed by atoms with Gasteiger partial charge in [-0.1, -0.05) is 0 Å². The smallest absolute Gasteiger partial charge is 0.262 e. The molecule has 9 nitrogen and oxygen atoms in total. The van der Waals surface area contributed by atoms with Crippen molar-refractivity contribution in [1.82, 2.24) is 20.0 Å². The maximum Gasteiger partial charge on any atom is 0.262 e. The van der Waals surface area contributed by atoms with E-state index in [-0.39, 0.29) is 36.0 Å². The molecule has 34 heavy (non-hydrogen) atoms. The van der Waals surface area contributed by atoms with Crippen LogP contribution in [0.5, 0.6) is 5.75 Å². The lowest BCUT2D eigenvalue weighted by Crippen LogP contribution is -2.54. The van der Waals surface area contributed by atoms with Gasteiger partial charge in [0.2, 0.25) is 11.8 Å². The second-order valence-electron chi connectivity index (χ2n) is 10.0. The van der Waals surface area contributed by atoms with E-state index in [2.05, 4.69) is 22.2 Å². The van der Waals surface area contributed by atoms with Gasteiger partial charge in [0.15, 0.2) is 0 Å². The minimum atomic E-state index is -0.955. The van der Waals surface area contributed by atoms with Crippen molar-refractivity contribution in [2.24, 2.45) is 5.92 Å². The van der Waals surface area contributed by atoms with Crippen LogP contribution in [0, 0.1) is 5.92 Å². The molecule has 0 radical (unpaired) electrons. The molecule has 0 aromatic heterocycles. The zero-order valence-corrected chi connectivity index (χ0v) is 19.6. The summed E-state index contributed by atoms with van der Waals surface area (Å²) in [7, 11) is 2.19. The molecule has 0 aliphatic carbocycles. The van der Waals surface area contributed by atoms with E-state index in [1.54, 1.807) is 18.2 Å². The van der Waals surface area contributed by atoms with Crippen molar-refractivity contribution in [2.75, 3.05) is 39.8 Å². The zero-order valence-electron chi connectivity index (χ0n) is 19.6. The lowest BCUT2D eigenvalue weighted by atomic mass is 9.95. The van der Waals surface area contributed by atoms with E-state index >= 15 is 0 Å². The average Bonchev–Trinajstić information content (AvgIpc) is 3.06. The fourth-order valence-corrected chi connectivity index (χ4v) is 5.54. The third kappa shape index (κ3) is 4.59. The van der Waals surface area contributed by atoms with Crippen molar-refractivity contribution in [3.8, 4) is 5.75 Å². The Morgan fingerprint density at radius 3 is 2.32 bits per heavy atom. The van der Waals surface area contributed by atoms with E-state index in [4.69, 9.17) is 4.74 Å². The van der Waals surface area contributed by atoms with E-state index in [1.165, 1.54) is 25.9 Å². The molecule has 1 unspecified atom stereocenters. The molecular weight excluding hydrogens is 436 g/mol. The van der Waals surface area contributed by atoms with Crippen LogP contribution in [0.1, 0.15) is 59.2 Å². The molecule has 4 heterocycles. The number of piperidine rings is 3. The number of imide groups is 2. The van der Waals surface area contributed by atoms with Crippen LogP contribution in [0.15, 0.2) is 18.2 Å². The fourth-order valence-electron chi connectivity index (χ4n) is 5.54. The number of nitrogens with zero attached hydrogens (tertiary/aromatic N) is 3. The van der Waals surface area contributed by atoms with Gasteiger partial charge in [0.25, 0.3) is 11.8 Å². The molecule has 3 fully saturated rings. The summed E-state index contributed by atoms with van der Waals surface area (Å²) >= 11 is 0. The lowest BCUT2D eigenvalue weighted by molar-refractivity contribution is -0.136. The van der Waals surface area contributed by atoms with Gasteiger partial charge in [0.1, 0.15) is 17.9 Å². The summed E-state index contributed by atoms with van der Waals surface area (Å²) in [5.74, 6) is -0.642. The molecule has 3 saturated heterocycles. The maximum atomic E-state index is 13.0. The number of rotatable bonds is 5. The van der Waals surface area contributed by atoms with Crippen LogP contribution in [0.2, 0.25) is 0 Å². The number of hydrogen-bond donors (Lipinski definition) is 1. The third-order valence-electron chi connectivity index (χ3n) is 7.60. The van der Waals surface area contributed by atoms with Gasteiger partial charge in [-0.25, -0.2) is 0 Å². The quantitative estimate of drug-likeness (QED) is 0.650. The standard InChI is InChI=1S/C25H32N4O5/c1-27-10-6-16(7-11-27)15-28-12-8-17(9-13-28)34-18-2-3-19-20(14-18)25(33)29(24(19)32)21-4-5-22(30)26-23(21)31/h2-3,14,16-17,21H,4-13,15H2,1H3,(H,26,30,31). The number of nitrogens with one attached hydrogen (secondary N) is 1. The molecule has 0 spiro atoms. The molecule has 5 rings (SSSR count). The molecule has 182 valence electrons. The number of amides is 4. The van der Waals surface area contributed by atoms with Crippen LogP contribution in [-0.2, 0) is 9.59 Å². The largest absolute Gasteiger partial charge is 0.490 e. The Labute approximate surface area is 199 Å². The monoisotopic (exact) mass is 468 g/mol. The summed E-state index contributed by atoms with van der Waals surface area (Å²) in [4.78, 5) is 55.4. The van der Waals surface area contributed by atoms with Gasteiger partial charge in [-0.3, -0.25) is 29.4 Å². The maximum absolute atomic E-state index is 13.0. The summed E-state index contributed by atoms with van der Waals surface area (Å²) < 4.78 is 6.19. The summed E-state index contributed by atoms with van der Waals surface area (Å²) in [5, 5.41) is 2.22. The van der Waals surface area contributed by atoms with Crippen molar-refractivity contribution in [3.63, 3.8) is 0 Å². The molecule has 1 aromatic carbocycles. The van der Waals surface area contributed by atoms with Gasteiger partial charge in [-0.15, -0.1) is 0 Å². The van der Waals surface area contributed by atoms with Crippen LogP contribution < -0.4 is 10.1 Å². The van der Waals surface area contributed by atoms with E-state index in [1.807, 2.05) is 0 Å². The van der Waals surface area contributed by atoms with Crippen LogP contribution in [-0.4, -0.2) is 90.2 Å². The van der Waals surface area contributed by atoms with Crippen LogP contribution >= 0.6 is 0 Å². The average molecular weight is 469 g/mol. The topological polar surface area (TPSA) is 99.3 Å². The molecule has 0 bridgehead atoms. The first-order valence-electron chi connectivity index (χ1n) is 12.3. The Morgan fingerprint density at radius 1 is 0.912 bits per heavy atom. The van der Waals surface area contributed by atoms with E-state index in [0.29, 0.717) is 5.75 Å². The number of carbonyl (C=O) groups excluding carboxylic acids is 4. The van der Waals surface area contributed by atoms with Crippen molar-refractivity contribution >= 4 is 23.6 Å². The van der Waals surface area contributed by atoms with Crippen LogP contribution in [0.4, 0.5) is 0 Å². The fraction of sp³-hybridized carbons (Fsp3) is 0.600. The Balaban J connectivity index is 1.17. The Bertz CT molecular complexity index is 995. The highest BCUT2D eigenvalue weighted by Gasteiger charge is 2.44. The number of ether oxygens (including phenoxy) is 1. The molecule has 4 amide bonds. The second-order valence-corrected chi connectivity index (χ2v) is 10.0. The van der Waals surface area contributed by atoms with Gasteiger partial charge < -0.3 is 14.5 Å². The first-order valence-corrected chi connectivity index (χ1v) is 12.3. The van der Waals surface area contributed by atoms with Crippen LogP contribution in [0.3, 0.4) is 0 Å². The SMILES string of the molecule is CN1CCC(CN2CCC(Oc3ccc4c(c3)C(=O)N(C3CCC(=O)NC3=O)C4=O)CC2)CC1. The highest BCUT2D eigenvalue weighted by atomic mass is 16.5. The molecule has 1 N–H and O–H groups in total. The second kappa shape index (κ2) is 9.46. The summed E-state index contributed by atoms with van der Waals surface area (Å²) in [6.45, 7) is 5.53. The Hall–Kier alpha value is -2.78. The molecule has 1 aromatic rings. The van der Waals surface area contributed by atoms with Gasteiger partial charge in [0, 0.05) is 26.1 Å². The molecule has 9 heteroatoms. The summed E-state index contributed by atoms with van der Waals surface area (Å²) in [5.41, 5.74) is 0.530. The molecule has 1 atom stereocenters. The lowest BCUT2D eigenvalue weighted by Gasteiger charge is -2.36. The normalized spacial score (nSPS) is 25.6. The Kier molecular flexibility index (Phi) is 6.40. The minimum Gasteiger partial charge on any atom is -0.490 e. The molecule has 0 saturated carbocycles. The first kappa shape index (κ1) is 23.0. The zero-order chi connectivity index (χ0) is 23.8. The minimum absolute atomic E-state index is 0.0743. The van der Waals surface area contributed by atoms with Crippen molar-refractivity contribution in [1.29, 1.82) is 0 Å². The number of likely N-dealkylation sites (tertiary alicyclic amines) is 2. The predicted molar refractivity (Wildman–Crippen MR) is 123 cm³/mol. The summed E-state index contributed by atoms with van der Waals surface area (Å²) in [6, 6.07) is 3.99. The predicted octanol–water partition coefficient (Wildman–Crippen LogP) is 1.27. The molecule has 4 aliphatic rings. The van der Waals surface area contributed by atoms with Gasteiger partial charge in [-0.05, 0) is 76.4 Å². The highest BCUT2D eigenvalue weighted by Crippen LogP contribution is 2.31. The Morgan fingerprint density at radius 2 is 1.62 bits per heavy atom. The van der Waals surface area contributed by atoms with E-state index in [0.717, 1.165) is 43.3 Å². The van der Waals surface area contributed by atoms with Crippen molar-refractivity contribution < 1.29 is 23.9 Å². The number of fused-ring (bicyclic) bond motifs is 1. The van der Waals surface area contributed by atoms with Gasteiger partial charge in [-0.2, -0.15) is 0 Å². The number of benzene rings is 1. The van der Waals surface area contributed by atoms with Gasteiger partial charge in [0.05, 0.1) is 11.1 Å². The third-order valence-corrected chi connectivity index (χ3v) is 7.60. The highest BCUT2D eigenvalue weighted by molar-refractivity contribution is 6.23. The number of hydrogen-bond acceptors (Lipinski definition) is 7. The van der Waals surface area contributed by atoms with Gasteiger partial charge >= 0.3 is 0 Å². The van der Waals surface area contributed by atoms with E-state index < -0.39 is 23.8 Å². The molecular formula is C25H32N4O5. The van der Waals surface area contributed by atoms with Crippen LogP contribution in [0.25, 0.3) is 0 Å². The first-order chi connectivity index (χ1) is 16.4. The summed E-state index contributed by atoms with van der Waals surface area (Å²) in [6.07, 6.45) is 4.72. The van der Waals surface area contributed by atoms with Crippen molar-refractivity contribution in [3.05, 3.63) is 29.3 Å². The molecule has 4 aliphatic heterocycles. The number of carbonyl (C=O) groups is 4. The van der Waals surface area contributed by atoms with Crippen molar-refractivity contribution in [2.45, 2.75) is 50.7 Å². The van der Waals surface area contributed by atoms with E-state index in [9.17, 15) is 19.2 Å².